The number of thioether (sulfide) groups is 1. The van der Waals surface area contributed by atoms with Crippen molar-refractivity contribution < 1.29 is 4.39 Å². The first-order valence-electron chi connectivity index (χ1n) is 7.43. The molecule has 1 heterocycles. The molecule has 1 aromatic carbocycles. The van der Waals surface area contributed by atoms with Crippen LogP contribution >= 0.6 is 23.4 Å². The number of nitrogens with zero attached hydrogens (tertiary/aromatic N) is 2. The van der Waals surface area contributed by atoms with E-state index in [1.54, 1.807) is 23.9 Å². The van der Waals surface area contributed by atoms with Crippen LogP contribution in [0.2, 0.25) is 5.02 Å². The number of rotatable bonds is 5. The van der Waals surface area contributed by atoms with Crippen LogP contribution in [-0.4, -0.2) is 16.0 Å². The average molecular weight is 341 g/mol. The standard InChI is InChI=1S/C17H22ClFN2S/c1-6-10(2)17(22-5)16-14(11(3)20-21(16)4)15-12(18)8-7-9-13(15)19/h7-10,17H,6H2,1-5H3. The maximum absolute atomic E-state index is 14.4. The molecule has 5 heteroatoms. The first-order chi connectivity index (χ1) is 10.4. The van der Waals surface area contributed by atoms with E-state index in [0.717, 1.165) is 23.4 Å². The van der Waals surface area contributed by atoms with Crippen LogP contribution in [0.1, 0.15) is 36.9 Å². The van der Waals surface area contributed by atoms with Gasteiger partial charge in [-0.3, -0.25) is 4.68 Å². The van der Waals surface area contributed by atoms with Crippen molar-refractivity contribution in [2.24, 2.45) is 13.0 Å². The van der Waals surface area contributed by atoms with E-state index in [9.17, 15) is 4.39 Å². The van der Waals surface area contributed by atoms with E-state index >= 15 is 0 Å². The molecule has 0 aliphatic rings. The van der Waals surface area contributed by atoms with Gasteiger partial charge in [-0.15, -0.1) is 0 Å². The summed E-state index contributed by atoms with van der Waals surface area (Å²) in [6, 6.07) is 4.82. The second-order valence-electron chi connectivity index (χ2n) is 5.61. The summed E-state index contributed by atoms with van der Waals surface area (Å²) >= 11 is 8.07. The van der Waals surface area contributed by atoms with Crippen LogP contribution in [0.4, 0.5) is 4.39 Å². The van der Waals surface area contributed by atoms with Crippen molar-refractivity contribution >= 4 is 23.4 Å². The van der Waals surface area contributed by atoms with Crippen molar-refractivity contribution in [3.63, 3.8) is 0 Å². The highest BCUT2D eigenvalue weighted by molar-refractivity contribution is 7.98. The monoisotopic (exact) mass is 340 g/mol. The molecule has 0 aliphatic heterocycles. The lowest BCUT2D eigenvalue weighted by Crippen LogP contribution is -2.11. The van der Waals surface area contributed by atoms with E-state index in [-0.39, 0.29) is 11.1 Å². The quantitative estimate of drug-likeness (QED) is 0.701. The Hall–Kier alpha value is -1.00. The maximum Gasteiger partial charge on any atom is 0.132 e. The van der Waals surface area contributed by atoms with Gasteiger partial charge in [-0.05, 0) is 31.2 Å². The first kappa shape index (κ1) is 17.4. The Morgan fingerprint density at radius 3 is 2.59 bits per heavy atom. The summed E-state index contributed by atoms with van der Waals surface area (Å²) in [5.74, 6) is 0.169. The molecule has 2 aromatic rings. The Morgan fingerprint density at radius 1 is 1.36 bits per heavy atom. The molecule has 0 spiro atoms. The third-order valence-electron chi connectivity index (χ3n) is 4.16. The second-order valence-corrected chi connectivity index (χ2v) is 6.99. The SMILES string of the molecule is CCC(C)C(SC)c1c(-c2c(F)cccc2Cl)c(C)nn1C. The molecule has 2 nitrogen and oxygen atoms in total. The molecular weight excluding hydrogens is 319 g/mol. The number of hydrogen-bond acceptors (Lipinski definition) is 2. The van der Waals surface area contributed by atoms with Crippen LogP contribution in [0, 0.1) is 18.7 Å². The number of halogens is 2. The molecule has 1 aromatic heterocycles. The molecule has 0 aliphatic carbocycles. The van der Waals surface area contributed by atoms with Gasteiger partial charge in [0.05, 0.1) is 16.4 Å². The Balaban J connectivity index is 2.72. The third kappa shape index (κ3) is 3.04. The van der Waals surface area contributed by atoms with Crippen molar-refractivity contribution in [2.75, 3.05) is 6.26 Å². The van der Waals surface area contributed by atoms with E-state index in [2.05, 4.69) is 25.2 Å². The Bertz CT molecular complexity index is 649. The van der Waals surface area contributed by atoms with Crippen LogP contribution in [0.15, 0.2) is 18.2 Å². The zero-order valence-electron chi connectivity index (χ0n) is 13.7. The van der Waals surface area contributed by atoms with E-state index in [1.165, 1.54) is 6.07 Å². The van der Waals surface area contributed by atoms with Gasteiger partial charge in [-0.2, -0.15) is 16.9 Å². The Morgan fingerprint density at radius 2 is 2.05 bits per heavy atom. The fraction of sp³-hybridized carbons (Fsp3) is 0.471. The molecule has 120 valence electrons. The summed E-state index contributed by atoms with van der Waals surface area (Å²) in [5, 5.41) is 5.22. The molecule has 0 N–H and O–H groups in total. The summed E-state index contributed by atoms with van der Waals surface area (Å²) in [6.07, 6.45) is 3.14. The molecule has 0 saturated heterocycles. The minimum absolute atomic E-state index is 0.252. The van der Waals surface area contributed by atoms with Gasteiger partial charge in [0.25, 0.3) is 0 Å². The number of aromatic nitrogens is 2. The van der Waals surface area contributed by atoms with Gasteiger partial charge in [0.1, 0.15) is 5.82 Å². The van der Waals surface area contributed by atoms with Crippen LogP contribution in [0.3, 0.4) is 0 Å². The highest BCUT2D eigenvalue weighted by Gasteiger charge is 2.28. The average Bonchev–Trinajstić information content (AvgIpc) is 2.75. The molecule has 2 atom stereocenters. The van der Waals surface area contributed by atoms with Gasteiger partial charge in [-0.1, -0.05) is 37.9 Å². The zero-order valence-corrected chi connectivity index (χ0v) is 15.2. The van der Waals surface area contributed by atoms with E-state index in [4.69, 9.17) is 11.6 Å². The van der Waals surface area contributed by atoms with Crippen molar-refractivity contribution in [3.05, 3.63) is 40.4 Å². The first-order valence-corrected chi connectivity index (χ1v) is 9.09. The molecule has 0 bridgehead atoms. The normalized spacial score (nSPS) is 14.1. The fourth-order valence-electron chi connectivity index (χ4n) is 2.88. The largest absolute Gasteiger partial charge is 0.271 e. The minimum Gasteiger partial charge on any atom is -0.271 e. The maximum atomic E-state index is 14.4. The van der Waals surface area contributed by atoms with Crippen LogP contribution in [0.5, 0.6) is 0 Å². The smallest absolute Gasteiger partial charge is 0.132 e. The lowest BCUT2D eigenvalue weighted by atomic mass is 9.95. The number of benzene rings is 1. The molecule has 2 rings (SSSR count). The summed E-state index contributed by atoms with van der Waals surface area (Å²) < 4.78 is 16.3. The van der Waals surface area contributed by atoms with E-state index in [0.29, 0.717) is 16.5 Å². The zero-order chi connectivity index (χ0) is 16.4. The van der Waals surface area contributed by atoms with Crippen LogP contribution in [0.25, 0.3) is 11.1 Å². The fourth-order valence-corrected chi connectivity index (χ4v) is 4.28. The lowest BCUT2D eigenvalue weighted by molar-refractivity contribution is 0.522. The molecule has 0 radical (unpaired) electrons. The summed E-state index contributed by atoms with van der Waals surface area (Å²) in [4.78, 5) is 0. The third-order valence-corrected chi connectivity index (χ3v) is 5.67. The predicted octanol–water partition coefficient (Wildman–Crippen LogP) is 5.64. The summed E-state index contributed by atoms with van der Waals surface area (Å²) in [5.41, 5.74) is 3.16. The van der Waals surface area contributed by atoms with Gasteiger partial charge in [0.15, 0.2) is 0 Å². The molecule has 0 fully saturated rings. The molecule has 22 heavy (non-hydrogen) atoms. The van der Waals surface area contributed by atoms with Crippen molar-refractivity contribution in [1.82, 2.24) is 9.78 Å². The van der Waals surface area contributed by atoms with E-state index < -0.39 is 0 Å². The summed E-state index contributed by atoms with van der Waals surface area (Å²) in [6.45, 7) is 6.30. The van der Waals surface area contributed by atoms with Gasteiger partial charge in [0, 0.05) is 23.4 Å². The highest BCUT2D eigenvalue weighted by Crippen LogP contribution is 2.44. The van der Waals surface area contributed by atoms with Gasteiger partial charge < -0.3 is 0 Å². The number of hydrogen-bond donors (Lipinski definition) is 0. The van der Waals surface area contributed by atoms with Crippen molar-refractivity contribution in [2.45, 2.75) is 32.4 Å². The summed E-state index contributed by atoms with van der Waals surface area (Å²) in [7, 11) is 1.92. The number of aryl methyl sites for hydroxylation is 2. The van der Waals surface area contributed by atoms with Crippen LogP contribution < -0.4 is 0 Å². The van der Waals surface area contributed by atoms with Gasteiger partial charge >= 0.3 is 0 Å². The van der Waals surface area contributed by atoms with Gasteiger partial charge in [0.2, 0.25) is 0 Å². The van der Waals surface area contributed by atoms with Crippen LogP contribution in [-0.2, 0) is 7.05 Å². The predicted molar refractivity (Wildman–Crippen MR) is 94.1 cm³/mol. The van der Waals surface area contributed by atoms with Gasteiger partial charge in [-0.25, -0.2) is 4.39 Å². The second kappa shape index (κ2) is 7.05. The van der Waals surface area contributed by atoms with Crippen molar-refractivity contribution in [3.8, 4) is 11.1 Å². The Labute approximate surface area is 141 Å². The molecule has 0 saturated carbocycles. The molecule has 0 amide bonds. The molecule has 2 unspecified atom stereocenters. The minimum atomic E-state index is -0.297. The topological polar surface area (TPSA) is 17.8 Å². The highest BCUT2D eigenvalue weighted by atomic mass is 35.5. The molecular formula is C17H22ClFN2S. The van der Waals surface area contributed by atoms with Crippen molar-refractivity contribution in [1.29, 1.82) is 0 Å². The van der Waals surface area contributed by atoms with E-state index in [1.807, 2.05) is 18.7 Å². The lowest BCUT2D eigenvalue weighted by Gasteiger charge is -2.23. The Kier molecular flexibility index (Phi) is 5.56.